The fourth-order valence-electron chi connectivity index (χ4n) is 1.93. The first-order chi connectivity index (χ1) is 8.47. The van der Waals surface area contributed by atoms with E-state index in [1.807, 2.05) is 0 Å². The highest BCUT2D eigenvalue weighted by Gasteiger charge is 2.39. The Balaban J connectivity index is 3.31. The molecule has 0 aliphatic heterocycles. The predicted molar refractivity (Wildman–Crippen MR) is 71.8 cm³/mol. The lowest BCUT2D eigenvalue weighted by Gasteiger charge is -2.28. The van der Waals surface area contributed by atoms with Crippen molar-refractivity contribution >= 4 is 21.9 Å². The van der Waals surface area contributed by atoms with Crippen molar-refractivity contribution < 1.29 is 13.9 Å². The Bertz CT molecular complexity index is 419. The van der Waals surface area contributed by atoms with Crippen LogP contribution in [-0.2, 0) is 14.9 Å². The molecule has 18 heavy (non-hydrogen) atoms. The second-order valence-corrected chi connectivity index (χ2v) is 5.04. The molecule has 0 saturated carbocycles. The van der Waals surface area contributed by atoms with Crippen molar-refractivity contribution in [2.45, 2.75) is 25.7 Å². The molecule has 0 fully saturated rings. The first-order valence-corrected chi connectivity index (χ1v) is 6.58. The molecule has 0 amide bonds. The Morgan fingerprint density at radius 1 is 1.56 bits per heavy atom. The molecular weight excluding hydrogens is 301 g/mol. The highest BCUT2D eigenvalue weighted by atomic mass is 79.9. The SMILES string of the molecule is CCOC(=O)C(C)(CCN)c1c(F)cccc1Br. The van der Waals surface area contributed by atoms with Gasteiger partial charge in [-0.1, -0.05) is 22.0 Å². The van der Waals surface area contributed by atoms with Crippen LogP contribution in [0.25, 0.3) is 0 Å². The van der Waals surface area contributed by atoms with Crippen LogP contribution in [0.3, 0.4) is 0 Å². The van der Waals surface area contributed by atoms with Gasteiger partial charge in [0.25, 0.3) is 0 Å². The lowest BCUT2D eigenvalue weighted by Crippen LogP contribution is -2.37. The van der Waals surface area contributed by atoms with Crippen LogP contribution in [0, 0.1) is 5.82 Å². The molecule has 0 bridgehead atoms. The zero-order valence-corrected chi connectivity index (χ0v) is 12.1. The molecule has 0 aromatic heterocycles. The predicted octanol–water partition coefficient (Wildman–Crippen LogP) is 2.76. The molecule has 1 aromatic rings. The number of hydrogen-bond donors (Lipinski definition) is 1. The van der Waals surface area contributed by atoms with Gasteiger partial charge >= 0.3 is 5.97 Å². The summed E-state index contributed by atoms with van der Waals surface area (Å²) in [6, 6.07) is 4.61. The molecule has 2 N–H and O–H groups in total. The lowest BCUT2D eigenvalue weighted by molar-refractivity contribution is -0.149. The minimum Gasteiger partial charge on any atom is -0.465 e. The van der Waals surface area contributed by atoms with Gasteiger partial charge in [-0.2, -0.15) is 0 Å². The van der Waals surface area contributed by atoms with E-state index in [1.165, 1.54) is 6.07 Å². The minimum absolute atomic E-state index is 0.255. The normalized spacial score (nSPS) is 14.1. The van der Waals surface area contributed by atoms with E-state index in [0.29, 0.717) is 16.5 Å². The summed E-state index contributed by atoms with van der Waals surface area (Å²) in [4.78, 5) is 12.1. The van der Waals surface area contributed by atoms with Crippen molar-refractivity contribution in [3.05, 3.63) is 34.1 Å². The quantitative estimate of drug-likeness (QED) is 0.850. The van der Waals surface area contributed by atoms with Gasteiger partial charge < -0.3 is 10.5 Å². The molecule has 1 atom stereocenters. The van der Waals surface area contributed by atoms with E-state index in [9.17, 15) is 9.18 Å². The maximum absolute atomic E-state index is 14.0. The molecule has 0 radical (unpaired) electrons. The molecule has 0 aliphatic carbocycles. The molecule has 0 saturated heterocycles. The maximum Gasteiger partial charge on any atom is 0.316 e. The molecule has 1 aromatic carbocycles. The number of ether oxygens (including phenoxy) is 1. The number of rotatable bonds is 5. The van der Waals surface area contributed by atoms with Gasteiger partial charge in [0.05, 0.1) is 12.0 Å². The number of carbonyl (C=O) groups excluding carboxylic acids is 1. The number of hydrogen-bond acceptors (Lipinski definition) is 3. The summed E-state index contributed by atoms with van der Waals surface area (Å²) in [5.41, 5.74) is 4.77. The van der Waals surface area contributed by atoms with Gasteiger partial charge in [-0.3, -0.25) is 4.79 Å². The van der Waals surface area contributed by atoms with Gasteiger partial charge in [-0.25, -0.2) is 4.39 Å². The fourth-order valence-corrected chi connectivity index (χ4v) is 2.71. The van der Waals surface area contributed by atoms with Crippen LogP contribution < -0.4 is 5.73 Å². The van der Waals surface area contributed by atoms with Crippen LogP contribution in [0.1, 0.15) is 25.8 Å². The molecular formula is C13H17BrFNO2. The van der Waals surface area contributed by atoms with Crippen molar-refractivity contribution in [1.29, 1.82) is 0 Å². The van der Waals surface area contributed by atoms with Crippen molar-refractivity contribution in [3.8, 4) is 0 Å². The van der Waals surface area contributed by atoms with E-state index in [2.05, 4.69) is 15.9 Å². The summed E-state index contributed by atoms with van der Waals surface area (Å²) in [7, 11) is 0. The van der Waals surface area contributed by atoms with Crippen LogP contribution in [0.2, 0.25) is 0 Å². The highest BCUT2D eigenvalue weighted by molar-refractivity contribution is 9.10. The van der Waals surface area contributed by atoms with Gasteiger partial charge in [0.15, 0.2) is 0 Å². The second kappa shape index (κ2) is 6.29. The summed E-state index contributed by atoms with van der Waals surface area (Å²) in [6.45, 7) is 3.90. The van der Waals surface area contributed by atoms with Gasteiger partial charge in [0.1, 0.15) is 5.82 Å². The molecule has 0 spiro atoms. The third kappa shape index (κ3) is 2.90. The van der Waals surface area contributed by atoms with E-state index in [4.69, 9.17) is 10.5 Å². The van der Waals surface area contributed by atoms with Crippen LogP contribution >= 0.6 is 15.9 Å². The van der Waals surface area contributed by atoms with Gasteiger partial charge in [-0.05, 0) is 38.9 Å². The third-order valence-corrected chi connectivity index (χ3v) is 3.55. The molecule has 100 valence electrons. The van der Waals surface area contributed by atoms with Gasteiger partial charge in [-0.15, -0.1) is 0 Å². The zero-order valence-electron chi connectivity index (χ0n) is 10.5. The first-order valence-electron chi connectivity index (χ1n) is 5.79. The van der Waals surface area contributed by atoms with Crippen LogP contribution in [0.5, 0.6) is 0 Å². The third-order valence-electron chi connectivity index (χ3n) is 2.88. The van der Waals surface area contributed by atoms with Crippen molar-refractivity contribution in [2.75, 3.05) is 13.2 Å². The summed E-state index contributed by atoms with van der Waals surface area (Å²) >= 11 is 3.28. The Kier molecular flexibility index (Phi) is 5.28. The summed E-state index contributed by atoms with van der Waals surface area (Å²) < 4.78 is 19.6. The van der Waals surface area contributed by atoms with Crippen molar-refractivity contribution in [2.24, 2.45) is 5.73 Å². The highest BCUT2D eigenvalue weighted by Crippen LogP contribution is 2.36. The van der Waals surface area contributed by atoms with Crippen LogP contribution in [0.15, 0.2) is 22.7 Å². The van der Waals surface area contributed by atoms with Crippen LogP contribution in [0.4, 0.5) is 4.39 Å². The van der Waals surface area contributed by atoms with Gasteiger partial charge in [0.2, 0.25) is 0 Å². The summed E-state index contributed by atoms with van der Waals surface area (Å²) in [5.74, 6) is -0.894. The number of halogens is 2. The number of esters is 1. The van der Waals surface area contributed by atoms with Crippen molar-refractivity contribution in [3.63, 3.8) is 0 Å². The van der Waals surface area contributed by atoms with Crippen LogP contribution in [-0.4, -0.2) is 19.1 Å². The largest absolute Gasteiger partial charge is 0.465 e. The summed E-state index contributed by atoms with van der Waals surface area (Å²) in [6.07, 6.45) is 0.325. The Morgan fingerprint density at radius 3 is 2.72 bits per heavy atom. The first kappa shape index (κ1) is 15.1. The number of benzene rings is 1. The van der Waals surface area contributed by atoms with E-state index >= 15 is 0 Å². The number of nitrogens with two attached hydrogens (primary N) is 1. The standard InChI is InChI=1S/C13H17BrFNO2/c1-3-18-12(17)13(2,7-8-16)11-9(14)5-4-6-10(11)15/h4-6H,3,7-8,16H2,1-2H3. The molecule has 0 heterocycles. The second-order valence-electron chi connectivity index (χ2n) is 4.19. The lowest BCUT2D eigenvalue weighted by atomic mass is 9.79. The topological polar surface area (TPSA) is 52.3 Å². The Hall–Kier alpha value is -0.940. The van der Waals surface area contributed by atoms with E-state index in [0.717, 1.165) is 0 Å². The number of carbonyl (C=O) groups is 1. The van der Waals surface area contributed by atoms with Gasteiger partial charge in [0, 0.05) is 10.0 Å². The molecule has 3 nitrogen and oxygen atoms in total. The monoisotopic (exact) mass is 317 g/mol. The molecule has 1 unspecified atom stereocenters. The van der Waals surface area contributed by atoms with E-state index < -0.39 is 17.2 Å². The average molecular weight is 318 g/mol. The Labute approximate surface area is 115 Å². The molecule has 0 aliphatic rings. The molecule has 1 rings (SSSR count). The smallest absolute Gasteiger partial charge is 0.316 e. The maximum atomic E-state index is 14.0. The Morgan fingerprint density at radius 2 is 2.22 bits per heavy atom. The van der Waals surface area contributed by atoms with Crippen molar-refractivity contribution in [1.82, 2.24) is 0 Å². The summed E-state index contributed by atoms with van der Waals surface area (Å²) in [5, 5.41) is 0. The molecule has 5 heteroatoms. The fraction of sp³-hybridized carbons (Fsp3) is 0.462. The van der Waals surface area contributed by atoms with E-state index in [-0.39, 0.29) is 13.2 Å². The average Bonchev–Trinajstić information content (AvgIpc) is 2.29. The zero-order chi connectivity index (χ0) is 13.8. The van der Waals surface area contributed by atoms with E-state index in [1.54, 1.807) is 26.0 Å². The minimum atomic E-state index is -1.07.